The third kappa shape index (κ3) is 3.53. The van der Waals surface area contributed by atoms with E-state index in [9.17, 15) is 13.2 Å². The number of nitrogens with zero attached hydrogens (tertiary/aromatic N) is 1. The molecule has 0 aromatic heterocycles. The van der Waals surface area contributed by atoms with Gasteiger partial charge in [0.15, 0.2) is 9.84 Å². The summed E-state index contributed by atoms with van der Waals surface area (Å²) < 4.78 is 23.3. The molecule has 1 aromatic carbocycles. The number of amides is 1. The van der Waals surface area contributed by atoms with Crippen LogP contribution in [0.1, 0.15) is 30.9 Å². The van der Waals surface area contributed by atoms with Gasteiger partial charge in [-0.25, -0.2) is 8.42 Å². The first-order valence-corrected chi connectivity index (χ1v) is 8.86. The molecular formula is C16H21NO3S. The molecule has 0 saturated heterocycles. The van der Waals surface area contributed by atoms with Crippen LogP contribution in [0, 0.1) is 13.8 Å². The Bertz CT molecular complexity index is 677. The summed E-state index contributed by atoms with van der Waals surface area (Å²) in [4.78, 5) is 14.1. The van der Waals surface area contributed by atoms with Crippen LogP contribution in [0.2, 0.25) is 0 Å². The Morgan fingerprint density at radius 2 is 2.00 bits per heavy atom. The van der Waals surface area contributed by atoms with E-state index in [-0.39, 0.29) is 11.7 Å². The number of aryl methyl sites for hydroxylation is 2. The van der Waals surface area contributed by atoms with Crippen molar-refractivity contribution in [1.29, 1.82) is 0 Å². The zero-order chi connectivity index (χ0) is 15.6. The number of anilines is 1. The van der Waals surface area contributed by atoms with Gasteiger partial charge in [-0.05, 0) is 49.6 Å². The molecule has 1 amide bonds. The molecule has 2 rings (SSSR count). The van der Waals surface area contributed by atoms with Crippen molar-refractivity contribution in [3.8, 4) is 0 Å². The summed E-state index contributed by atoms with van der Waals surface area (Å²) >= 11 is 0. The first-order chi connectivity index (χ1) is 9.84. The predicted octanol–water partition coefficient (Wildman–Crippen LogP) is 2.75. The van der Waals surface area contributed by atoms with Crippen LogP contribution in [0.15, 0.2) is 29.7 Å². The first kappa shape index (κ1) is 15.8. The Morgan fingerprint density at radius 1 is 1.29 bits per heavy atom. The standard InChI is InChI=1S/C16H21NO3S/c1-4-5-16(18)17(15-8-9-21(19,20)11-15)14-7-6-12(2)13(3)10-14/h6-10,15H,4-5,11H2,1-3H3/t15-/m1/s1. The monoisotopic (exact) mass is 307 g/mol. The molecule has 0 radical (unpaired) electrons. The highest BCUT2D eigenvalue weighted by Crippen LogP contribution is 2.26. The summed E-state index contributed by atoms with van der Waals surface area (Å²) in [5.41, 5.74) is 3.01. The smallest absolute Gasteiger partial charge is 0.227 e. The van der Waals surface area contributed by atoms with Crippen molar-refractivity contribution in [3.63, 3.8) is 0 Å². The maximum atomic E-state index is 12.4. The van der Waals surface area contributed by atoms with E-state index in [2.05, 4.69) is 0 Å². The third-order valence-corrected chi connectivity index (χ3v) is 5.12. The van der Waals surface area contributed by atoms with Crippen molar-refractivity contribution in [2.45, 2.75) is 39.7 Å². The van der Waals surface area contributed by atoms with Crippen molar-refractivity contribution in [1.82, 2.24) is 0 Å². The van der Waals surface area contributed by atoms with E-state index >= 15 is 0 Å². The average Bonchev–Trinajstić information content (AvgIpc) is 2.74. The summed E-state index contributed by atoms with van der Waals surface area (Å²) in [7, 11) is -3.19. The minimum absolute atomic E-state index is 0.0324. The highest BCUT2D eigenvalue weighted by Gasteiger charge is 2.31. The highest BCUT2D eigenvalue weighted by molar-refractivity contribution is 7.94. The summed E-state index contributed by atoms with van der Waals surface area (Å²) in [5.74, 6) is -0.0671. The molecule has 0 N–H and O–H groups in total. The van der Waals surface area contributed by atoms with Crippen molar-refractivity contribution in [2.24, 2.45) is 0 Å². The zero-order valence-electron chi connectivity index (χ0n) is 12.7. The van der Waals surface area contributed by atoms with Gasteiger partial charge in [-0.2, -0.15) is 0 Å². The maximum Gasteiger partial charge on any atom is 0.227 e. The van der Waals surface area contributed by atoms with E-state index in [1.54, 1.807) is 11.0 Å². The van der Waals surface area contributed by atoms with Gasteiger partial charge in [0.1, 0.15) is 0 Å². The molecule has 1 aliphatic rings. The molecule has 0 bridgehead atoms. The molecule has 0 unspecified atom stereocenters. The maximum absolute atomic E-state index is 12.4. The van der Waals surface area contributed by atoms with Crippen LogP contribution < -0.4 is 4.90 Å². The quantitative estimate of drug-likeness (QED) is 0.859. The predicted molar refractivity (Wildman–Crippen MR) is 85.0 cm³/mol. The van der Waals surface area contributed by atoms with E-state index in [0.29, 0.717) is 6.42 Å². The molecule has 0 fully saturated rings. The number of carbonyl (C=O) groups excluding carboxylic acids is 1. The lowest BCUT2D eigenvalue weighted by atomic mass is 10.1. The Labute approximate surface area is 126 Å². The van der Waals surface area contributed by atoms with Gasteiger partial charge >= 0.3 is 0 Å². The fourth-order valence-electron chi connectivity index (χ4n) is 2.45. The number of rotatable bonds is 4. The van der Waals surface area contributed by atoms with Crippen LogP contribution in [-0.2, 0) is 14.6 Å². The number of sulfone groups is 1. The molecule has 1 heterocycles. The normalized spacial score (nSPS) is 19.7. The summed E-state index contributed by atoms with van der Waals surface area (Å²) in [6.07, 6.45) is 2.76. The van der Waals surface area contributed by atoms with Crippen LogP contribution in [0.3, 0.4) is 0 Å². The van der Waals surface area contributed by atoms with Crippen molar-refractivity contribution in [2.75, 3.05) is 10.7 Å². The van der Waals surface area contributed by atoms with Gasteiger partial charge in [0, 0.05) is 17.5 Å². The molecule has 0 spiro atoms. The fourth-order valence-corrected chi connectivity index (χ4v) is 3.72. The van der Waals surface area contributed by atoms with Gasteiger partial charge in [0.2, 0.25) is 5.91 Å². The van der Waals surface area contributed by atoms with Crippen molar-refractivity contribution >= 4 is 21.4 Å². The number of hydrogen-bond donors (Lipinski definition) is 0. The Kier molecular flexibility index (Phi) is 4.52. The average molecular weight is 307 g/mol. The fraction of sp³-hybridized carbons (Fsp3) is 0.438. The van der Waals surface area contributed by atoms with E-state index in [1.165, 1.54) is 5.41 Å². The van der Waals surface area contributed by atoms with Crippen LogP contribution in [0.25, 0.3) is 0 Å². The van der Waals surface area contributed by atoms with Crippen LogP contribution >= 0.6 is 0 Å². The van der Waals surface area contributed by atoms with Gasteiger partial charge in [-0.1, -0.05) is 13.0 Å². The molecule has 1 aliphatic heterocycles. The SMILES string of the molecule is CCCC(=O)N(c1ccc(C)c(C)c1)[C@@H]1C=CS(=O)(=O)C1. The lowest BCUT2D eigenvalue weighted by molar-refractivity contribution is -0.118. The van der Waals surface area contributed by atoms with E-state index < -0.39 is 15.9 Å². The minimum Gasteiger partial charge on any atom is -0.304 e. The minimum atomic E-state index is -3.19. The second kappa shape index (κ2) is 6.02. The summed E-state index contributed by atoms with van der Waals surface area (Å²) in [6.45, 7) is 5.94. The van der Waals surface area contributed by atoms with Gasteiger partial charge in [-0.15, -0.1) is 0 Å². The summed E-state index contributed by atoms with van der Waals surface area (Å²) in [5, 5.41) is 1.21. The number of carbonyl (C=O) groups is 1. The molecular weight excluding hydrogens is 286 g/mol. The van der Waals surface area contributed by atoms with Gasteiger partial charge in [-0.3, -0.25) is 4.79 Å². The van der Waals surface area contributed by atoms with Crippen LogP contribution in [0.4, 0.5) is 5.69 Å². The topological polar surface area (TPSA) is 54.5 Å². The zero-order valence-corrected chi connectivity index (χ0v) is 13.5. The van der Waals surface area contributed by atoms with Gasteiger partial charge in [0.05, 0.1) is 11.8 Å². The molecule has 5 heteroatoms. The number of benzene rings is 1. The van der Waals surface area contributed by atoms with E-state index in [4.69, 9.17) is 0 Å². The second-order valence-corrected chi connectivity index (χ2v) is 7.44. The molecule has 0 saturated carbocycles. The van der Waals surface area contributed by atoms with Crippen molar-refractivity contribution < 1.29 is 13.2 Å². The molecule has 114 valence electrons. The first-order valence-electron chi connectivity index (χ1n) is 7.14. The van der Waals surface area contributed by atoms with E-state index in [1.807, 2.05) is 39.0 Å². The molecule has 21 heavy (non-hydrogen) atoms. The van der Waals surface area contributed by atoms with Gasteiger partial charge in [0.25, 0.3) is 0 Å². The molecule has 0 aliphatic carbocycles. The Morgan fingerprint density at radius 3 is 2.52 bits per heavy atom. The third-order valence-electron chi connectivity index (χ3n) is 3.74. The molecule has 1 aromatic rings. The van der Waals surface area contributed by atoms with Crippen LogP contribution in [0.5, 0.6) is 0 Å². The lowest BCUT2D eigenvalue weighted by Crippen LogP contribution is -2.41. The molecule has 4 nitrogen and oxygen atoms in total. The largest absolute Gasteiger partial charge is 0.304 e. The Balaban J connectivity index is 2.39. The molecule has 1 atom stereocenters. The Hall–Kier alpha value is -1.62. The highest BCUT2D eigenvalue weighted by atomic mass is 32.2. The lowest BCUT2D eigenvalue weighted by Gasteiger charge is -2.28. The van der Waals surface area contributed by atoms with Gasteiger partial charge < -0.3 is 4.90 Å². The number of hydrogen-bond acceptors (Lipinski definition) is 3. The van der Waals surface area contributed by atoms with Crippen molar-refractivity contribution in [3.05, 3.63) is 40.8 Å². The van der Waals surface area contributed by atoms with Crippen LogP contribution in [-0.4, -0.2) is 26.1 Å². The van der Waals surface area contributed by atoms with E-state index in [0.717, 1.165) is 23.2 Å². The summed E-state index contributed by atoms with van der Waals surface area (Å²) in [6, 6.07) is 5.39. The second-order valence-electron chi connectivity index (χ2n) is 5.51.